The fourth-order valence-electron chi connectivity index (χ4n) is 1.15. The van der Waals surface area contributed by atoms with Crippen molar-refractivity contribution in [1.29, 1.82) is 0 Å². The predicted octanol–water partition coefficient (Wildman–Crippen LogP) is 3.83. The van der Waals surface area contributed by atoms with E-state index in [0.717, 1.165) is 12.1 Å². The Bertz CT molecular complexity index is 385. The van der Waals surface area contributed by atoms with Crippen LogP contribution < -0.4 is 5.73 Å². The summed E-state index contributed by atoms with van der Waals surface area (Å²) in [5.74, 6) is 0. The second-order valence-electron chi connectivity index (χ2n) is 3.21. The van der Waals surface area contributed by atoms with Gasteiger partial charge in [-0.15, -0.1) is 0 Å². The minimum Gasteiger partial charge on any atom is -0.330 e. The zero-order valence-corrected chi connectivity index (χ0v) is 9.98. The quantitative estimate of drug-likeness (QED) is 0.900. The molecule has 0 aromatic heterocycles. The van der Waals surface area contributed by atoms with Gasteiger partial charge in [-0.25, -0.2) is 0 Å². The Morgan fingerprint density at radius 2 is 2.00 bits per heavy atom. The summed E-state index contributed by atoms with van der Waals surface area (Å²) in [6.07, 6.45) is -0.0278. The van der Waals surface area contributed by atoms with Crippen LogP contribution in [0.4, 0.5) is 13.2 Å². The summed E-state index contributed by atoms with van der Waals surface area (Å²) in [5.41, 5.74) is 5.35. The third kappa shape index (κ3) is 3.64. The molecule has 1 rings (SSSR count). The number of hydrogen-bond donors (Lipinski definition) is 1. The monoisotopic (exact) mass is 293 g/mol. The molecule has 0 unspecified atom stereocenters. The molecular formula is C11H11BrF3N. The second kappa shape index (κ2) is 5.50. The summed E-state index contributed by atoms with van der Waals surface area (Å²) in [6.45, 7) is 0.523. The van der Waals surface area contributed by atoms with E-state index in [0.29, 0.717) is 23.0 Å². The van der Waals surface area contributed by atoms with E-state index in [1.165, 1.54) is 6.07 Å². The number of rotatable bonds is 3. The first kappa shape index (κ1) is 13.3. The smallest absolute Gasteiger partial charge is 0.330 e. The summed E-state index contributed by atoms with van der Waals surface area (Å²) in [4.78, 5) is 0. The maximum Gasteiger partial charge on any atom is 0.416 e. The van der Waals surface area contributed by atoms with Crippen molar-refractivity contribution in [3.05, 3.63) is 39.9 Å². The largest absolute Gasteiger partial charge is 0.416 e. The van der Waals surface area contributed by atoms with Crippen molar-refractivity contribution in [3.8, 4) is 0 Å². The van der Waals surface area contributed by atoms with Crippen molar-refractivity contribution in [1.82, 2.24) is 0 Å². The normalized spacial score (nSPS) is 12.3. The molecule has 0 atom stereocenters. The third-order valence-corrected chi connectivity index (χ3v) is 2.65. The fourth-order valence-corrected chi connectivity index (χ4v) is 1.66. The summed E-state index contributed by atoms with van der Waals surface area (Å²) >= 11 is 3.11. The lowest BCUT2D eigenvalue weighted by molar-refractivity contribution is -0.137. The number of alkyl halides is 3. The van der Waals surface area contributed by atoms with Gasteiger partial charge in [0.15, 0.2) is 0 Å². The minimum absolute atomic E-state index is 0.426. The average Bonchev–Trinajstić information content (AvgIpc) is 2.19. The second-order valence-corrected chi connectivity index (χ2v) is 4.07. The van der Waals surface area contributed by atoms with Crippen LogP contribution in [0.1, 0.15) is 17.5 Å². The zero-order chi connectivity index (χ0) is 12.2. The van der Waals surface area contributed by atoms with E-state index in [9.17, 15) is 13.2 Å². The first-order valence-corrected chi connectivity index (χ1v) is 5.48. The highest BCUT2D eigenvalue weighted by atomic mass is 79.9. The van der Waals surface area contributed by atoms with Crippen LogP contribution >= 0.6 is 15.9 Å². The molecule has 0 saturated carbocycles. The highest BCUT2D eigenvalue weighted by molar-refractivity contribution is 9.10. The Morgan fingerprint density at radius 1 is 1.31 bits per heavy atom. The summed E-state index contributed by atoms with van der Waals surface area (Å²) in [5, 5.41) is 0. The van der Waals surface area contributed by atoms with E-state index >= 15 is 0 Å². The Morgan fingerprint density at radius 3 is 2.50 bits per heavy atom. The lowest BCUT2D eigenvalue weighted by Gasteiger charge is -2.08. The van der Waals surface area contributed by atoms with Crippen molar-refractivity contribution >= 4 is 22.0 Å². The molecule has 0 bridgehead atoms. The lowest BCUT2D eigenvalue weighted by Crippen LogP contribution is -2.04. The van der Waals surface area contributed by atoms with Crippen LogP contribution in [0.5, 0.6) is 0 Å². The molecule has 2 N–H and O–H groups in total. The van der Waals surface area contributed by atoms with Gasteiger partial charge in [-0.3, -0.25) is 0 Å². The maximum absolute atomic E-state index is 12.4. The number of benzene rings is 1. The Balaban J connectivity index is 2.92. The standard InChI is InChI=1S/C11H11BrF3N/c12-10-7-9(11(13,14)15)5-4-8(10)3-1-2-6-16/h1,3-5,7H,2,6,16H2. The number of halogens is 4. The molecule has 0 aliphatic rings. The molecule has 0 aliphatic carbocycles. The molecule has 1 aromatic carbocycles. The fraction of sp³-hybridized carbons (Fsp3) is 0.273. The number of nitrogens with two attached hydrogens (primary N) is 1. The predicted molar refractivity (Wildman–Crippen MR) is 61.8 cm³/mol. The SMILES string of the molecule is NCCC=Cc1ccc(C(F)(F)F)cc1Br. The van der Waals surface area contributed by atoms with Crippen LogP contribution in [0.2, 0.25) is 0 Å². The van der Waals surface area contributed by atoms with E-state index in [-0.39, 0.29) is 0 Å². The average molecular weight is 294 g/mol. The van der Waals surface area contributed by atoms with Gasteiger partial charge >= 0.3 is 6.18 Å². The first-order valence-electron chi connectivity index (χ1n) is 4.68. The lowest BCUT2D eigenvalue weighted by atomic mass is 10.1. The molecular weight excluding hydrogens is 283 g/mol. The molecule has 88 valence electrons. The Kier molecular flexibility index (Phi) is 4.56. The van der Waals surface area contributed by atoms with E-state index in [1.807, 2.05) is 6.08 Å². The Hall–Kier alpha value is -0.810. The van der Waals surface area contributed by atoms with Crippen molar-refractivity contribution < 1.29 is 13.2 Å². The molecule has 0 fully saturated rings. The topological polar surface area (TPSA) is 26.0 Å². The van der Waals surface area contributed by atoms with Gasteiger partial charge < -0.3 is 5.73 Å². The molecule has 0 amide bonds. The van der Waals surface area contributed by atoms with Crippen LogP contribution in [0.25, 0.3) is 6.08 Å². The maximum atomic E-state index is 12.4. The van der Waals surface area contributed by atoms with E-state index in [4.69, 9.17) is 5.73 Å². The van der Waals surface area contributed by atoms with Crippen LogP contribution in [0.3, 0.4) is 0 Å². The molecule has 0 saturated heterocycles. The molecule has 0 aliphatic heterocycles. The van der Waals surface area contributed by atoms with Crippen molar-refractivity contribution in [2.24, 2.45) is 5.73 Å². The summed E-state index contributed by atoms with van der Waals surface area (Å²) in [7, 11) is 0. The van der Waals surface area contributed by atoms with Gasteiger partial charge in [0, 0.05) is 4.47 Å². The van der Waals surface area contributed by atoms with Gasteiger partial charge in [0.1, 0.15) is 0 Å². The van der Waals surface area contributed by atoms with Crippen LogP contribution in [-0.2, 0) is 6.18 Å². The highest BCUT2D eigenvalue weighted by Crippen LogP contribution is 2.32. The summed E-state index contributed by atoms with van der Waals surface area (Å²) < 4.78 is 37.5. The van der Waals surface area contributed by atoms with Gasteiger partial charge in [-0.1, -0.05) is 34.1 Å². The number of hydrogen-bond acceptors (Lipinski definition) is 1. The minimum atomic E-state index is -4.30. The van der Waals surface area contributed by atoms with Crippen molar-refractivity contribution in [3.63, 3.8) is 0 Å². The Labute approximate surface area is 100 Å². The van der Waals surface area contributed by atoms with E-state index < -0.39 is 11.7 Å². The molecule has 0 heterocycles. The van der Waals surface area contributed by atoms with Crippen molar-refractivity contribution in [2.75, 3.05) is 6.54 Å². The molecule has 0 radical (unpaired) electrons. The molecule has 1 aromatic rings. The first-order chi connectivity index (χ1) is 7.45. The van der Waals surface area contributed by atoms with Crippen LogP contribution in [0, 0.1) is 0 Å². The summed E-state index contributed by atoms with van der Waals surface area (Å²) in [6, 6.07) is 3.56. The van der Waals surface area contributed by atoms with Gasteiger partial charge in [-0.05, 0) is 30.7 Å². The molecule has 16 heavy (non-hydrogen) atoms. The van der Waals surface area contributed by atoms with Gasteiger partial charge in [0.05, 0.1) is 5.56 Å². The van der Waals surface area contributed by atoms with Gasteiger partial charge in [-0.2, -0.15) is 13.2 Å². The van der Waals surface area contributed by atoms with Gasteiger partial charge in [0.2, 0.25) is 0 Å². The van der Waals surface area contributed by atoms with Crippen LogP contribution in [-0.4, -0.2) is 6.54 Å². The molecule has 1 nitrogen and oxygen atoms in total. The zero-order valence-electron chi connectivity index (χ0n) is 8.39. The third-order valence-electron chi connectivity index (χ3n) is 1.96. The van der Waals surface area contributed by atoms with E-state index in [1.54, 1.807) is 6.08 Å². The highest BCUT2D eigenvalue weighted by Gasteiger charge is 2.30. The molecule has 5 heteroatoms. The molecule has 0 spiro atoms. The van der Waals surface area contributed by atoms with Crippen LogP contribution in [0.15, 0.2) is 28.7 Å². The van der Waals surface area contributed by atoms with E-state index in [2.05, 4.69) is 15.9 Å². The van der Waals surface area contributed by atoms with Gasteiger partial charge in [0.25, 0.3) is 0 Å². The van der Waals surface area contributed by atoms with Crippen molar-refractivity contribution in [2.45, 2.75) is 12.6 Å².